The number of rotatable bonds is 11. The van der Waals surface area contributed by atoms with Crippen LogP contribution in [0.4, 0.5) is 14.9 Å². The molecule has 0 bridgehead atoms. The molecule has 0 radical (unpaired) electrons. The van der Waals surface area contributed by atoms with Crippen molar-refractivity contribution in [2.45, 2.75) is 56.5 Å². The molecule has 3 atom stereocenters. The van der Waals surface area contributed by atoms with E-state index in [1.807, 2.05) is 12.1 Å². The number of amides is 1. The van der Waals surface area contributed by atoms with Gasteiger partial charge in [-0.2, -0.15) is 5.26 Å². The monoisotopic (exact) mass is 672 g/mol. The molecule has 4 aliphatic heterocycles. The topological polar surface area (TPSA) is 84.3 Å². The van der Waals surface area contributed by atoms with Crippen LogP contribution in [0.25, 0.3) is 0 Å². The van der Waals surface area contributed by atoms with Crippen LogP contribution in [0.15, 0.2) is 42.5 Å². The third-order valence-electron chi connectivity index (χ3n) is 12.3. The minimum absolute atomic E-state index is 0.0209. The highest BCUT2D eigenvalue weighted by Gasteiger charge is 2.53. The fraction of sp³-hybridized carbons (Fsp3) is 0.641. The number of hydrogen-bond acceptors (Lipinski definition) is 8. The molecule has 4 heterocycles. The largest absolute Gasteiger partial charge is 0.453 e. The zero-order valence-corrected chi connectivity index (χ0v) is 29.1. The van der Waals surface area contributed by atoms with Gasteiger partial charge in [0.2, 0.25) is 0 Å². The normalized spacial score (nSPS) is 25.6. The van der Waals surface area contributed by atoms with Crippen molar-refractivity contribution in [1.29, 1.82) is 5.26 Å². The van der Waals surface area contributed by atoms with Crippen LogP contribution in [0.3, 0.4) is 0 Å². The van der Waals surface area contributed by atoms with Crippen LogP contribution in [0.5, 0.6) is 0 Å². The molecule has 0 aromatic heterocycles. The molecular weight excluding hydrogens is 619 g/mol. The van der Waals surface area contributed by atoms with E-state index in [0.717, 1.165) is 134 Å². The molecule has 264 valence electrons. The Hall–Kier alpha value is -3.23. The molecule has 0 spiro atoms. The summed E-state index contributed by atoms with van der Waals surface area (Å²) in [6.07, 6.45) is 6.00. The summed E-state index contributed by atoms with van der Waals surface area (Å²) in [7, 11) is 1.44. The highest BCUT2D eigenvalue weighted by atomic mass is 19.1. The molecule has 0 unspecified atom stereocenters. The molecular formula is C39H53FN6O3. The first-order valence-electron chi connectivity index (χ1n) is 18.6. The third kappa shape index (κ3) is 7.46. The van der Waals surface area contributed by atoms with Crippen LogP contribution in [-0.4, -0.2) is 113 Å². The average Bonchev–Trinajstić information content (AvgIpc) is 3.55. The van der Waals surface area contributed by atoms with Crippen LogP contribution in [0.2, 0.25) is 0 Å². The summed E-state index contributed by atoms with van der Waals surface area (Å²) in [4.78, 5) is 22.5. The second kappa shape index (κ2) is 15.3. The van der Waals surface area contributed by atoms with E-state index in [1.54, 1.807) is 12.1 Å². The van der Waals surface area contributed by atoms with Gasteiger partial charge in [0.15, 0.2) is 0 Å². The van der Waals surface area contributed by atoms with Gasteiger partial charge in [0, 0.05) is 68.9 Å². The summed E-state index contributed by atoms with van der Waals surface area (Å²) < 4.78 is 25.6. The number of benzene rings is 2. The predicted octanol–water partition coefficient (Wildman–Crippen LogP) is 4.85. The minimum Gasteiger partial charge on any atom is -0.453 e. The molecule has 5 aliphatic rings. The van der Waals surface area contributed by atoms with Crippen LogP contribution >= 0.6 is 0 Å². The first kappa shape index (κ1) is 34.2. The van der Waals surface area contributed by atoms with Crippen molar-refractivity contribution in [3.8, 4) is 6.07 Å². The van der Waals surface area contributed by atoms with Crippen molar-refractivity contribution in [1.82, 2.24) is 20.0 Å². The van der Waals surface area contributed by atoms with Crippen molar-refractivity contribution in [3.05, 3.63) is 65.0 Å². The molecule has 1 amide bonds. The maximum Gasteiger partial charge on any atom is 0.407 e. The molecule has 1 N–H and O–H groups in total. The number of carbonyl (C=O) groups is 1. The van der Waals surface area contributed by atoms with Crippen molar-refractivity contribution < 1.29 is 18.7 Å². The highest BCUT2D eigenvalue weighted by Crippen LogP contribution is 2.51. The predicted molar refractivity (Wildman–Crippen MR) is 188 cm³/mol. The number of likely N-dealkylation sites (tertiary alicyclic amines) is 2. The van der Waals surface area contributed by atoms with Gasteiger partial charge >= 0.3 is 6.09 Å². The zero-order chi connectivity index (χ0) is 33.8. The fourth-order valence-corrected chi connectivity index (χ4v) is 9.65. The number of alkyl carbamates (subject to hydrolysis) is 1. The van der Waals surface area contributed by atoms with Crippen molar-refractivity contribution in [2.75, 3.05) is 90.7 Å². The van der Waals surface area contributed by atoms with Gasteiger partial charge in [-0.15, -0.1) is 0 Å². The number of halogens is 1. The summed E-state index contributed by atoms with van der Waals surface area (Å²) in [5.74, 6) is 1.07. The molecule has 5 fully saturated rings. The lowest BCUT2D eigenvalue weighted by Crippen LogP contribution is -2.60. The first-order valence-corrected chi connectivity index (χ1v) is 18.6. The second-order valence-electron chi connectivity index (χ2n) is 15.1. The van der Waals surface area contributed by atoms with Gasteiger partial charge in [0.25, 0.3) is 0 Å². The number of hydrogen-bond donors (Lipinski definition) is 1. The second-order valence-corrected chi connectivity index (χ2v) is 15.1. The molecule has 7 rings (SSSR count). The Morgan fingerprint density at radius 3 is 2.47 bits per heavy atom. The van der Waals surface area contributed by atoms with E-state index in [-0.39, 0.29) is 29.3 Å². The summed E-state index contributed by atoms with van der Waals surface area (Å²) in [5.41, 5.74) is 3.96. The van der Waals surface area contributed by atoms with Crippen LogP contribution in [0.1, 0.15) is 55.2 Å². The number of nitrogens with one attached hydrogen (secondary N) is 1. The van der Waals surface area contributed by atoms with Gasteiger partial charge in [-0.05, 0) is 112 Å². The van der Waals surface area contributed by atoms with Crippen molar-refractivity contribution >= 4 is 11.8 Å². The van der Waals surface area contributed by atoms with E-state index in [4.69, 9.17) is 9.47 Å². The molecule has 9 nitrogen and oxygen atoms in total. The molecule has 2 aromatic rings. The number of morpholine rings is 1. The molecule has 49 heavy (non-hydrogen) atoms. The molecule has 2 aromatic carbocycles. The average molecular weight is 673 g/mol. The van der Waals surface area contributed by atoms with Crippen LogP contribution in [-0.2, 0) is 21.4 Å². The van der Waals surface area contributed by atoms with Gasteiger partial charge < -0.3 is 29.5 Å². The first-order chi connectivity index (χ1) is 23.9. The molecule has 4 saturated heterocycles. The Kier molecular flexibility index (Phi) is 10.7. The SMILES string of the molecule is COC(=O)N[C@H]1CCC[C@@H]1[C@](CN1CCC1)(c1cccc(F)c1)C1CCN(CC2CN(c3ccc(C#N)c(CN4CCOCC4)c3)C2)CC1. The van der Waals surface area contributed by atoms with E-state index in [2.05, 4.69) is 49.2 Å². The van der Waals surface area contributed by atoms with Gasteiger partial charge in [-0.1, -0.05) is 18.6 Å². The lowest BCUT2D eigenvalue weighted by Gasteiger charge is -2.54. The van der Waals surface area contributed by atoms with E-state index < -0.39 is 0 Å². The summed E-state index contributed by atoms with van der Waals surface area (Å²) in [6, 6.07) is 16.1. The van der Waals surface area contributed by atoms with E-state index >= 15 is 0 Å². The number of piperidine rings is 1. The number of anilines is 1. The van der Waals surface area contributed by atoms with E-state index in [1.165, 1.54) is 19.2 Å². The Labute approximate surface area is 291 Å². The summed E-state index contributed by atoms with van der Waals surface area (Å²) >= 11 is 0. The quantitative estimate of drug-likeness (QED) is 0.363. The van der Waals surface area contributed by atoms with Crippen LogP contribution < -0.4 is 10.2 Å². The van der Waals surface area contributed by atoms with Crippen molar-refractivity contribution in [3.63, 3.8) is 0 Å². The van der Waals surface area contributed by atoms with Gasteiger partial charge in [0.05, 0.1) is 32.0 Å². The number of nitrogens with zero attached hydrogens (tertiary/aromatic N) is 5. The standard InChI is InChI=1S/C39H53FN6O3/c1-48-38(47)42-37-8-3-7-36(37)39(28-45-13-4-14-45,33-5-2-6-34(40)22-33)32-11-15-43(16-12-32)24-29-25-46(26-29)35-10-9-30(23-41)31(21-35)27-44-17-19-49-20-18-44/h2,5-6,9-10,21-22,29,32,36-37H,3-4,7-8,11-20,24-28H2,1H3,(H,42,47)/t36-,37-,39-/m0/s1. The Morgan fingerprint density at radius 1 is 0.980 bits per heavy atom. The number of methoxy groups -OCH3 is 1. The lowest BCUT2D eigenvalue weighted by atomic mass is 9.57. The highest BCUT2D eigenvalue weighted by molar-refractivity contribution is 5.67. The van der Waals surface area contributed by atoms with Gasteiger partial charge in [-0.25, -0.2) is 9.18 Å². The van der Waals surface area contributed by atoms with Gasteiger partial charge in [-0.3, -0.25) is 4.90 Å². The van der Waals surface area contributed by atoms with Gasteiger partial charge in [0.1, 0.15) is 5.82 Å². The molecule has 1 aliphatic carbocycles. The zero-order valence-electron chi connectivity index (χ0n) is 29.1. The molecule has 1 saturated carbocycles. The van der Waals surface area contributed by atoms with Crippen LogP contribution in [0, 0.1) is 34.9 Å². The molecule has 10 heteroatoms. The number of nitriles is 1. The maximum absolute atomic E-state index is 15.0. The Bertz CT molecular complexity index is 1480. The minimum atomic E-state index is -0.368. The summed E-state index contributed by atoms with van der Waals surface area (Å²) in [5, 5.41) is 12.9. The Balaban J connectivity index is 1.02. The summed E-state index contributed by atoms with van der Waals surface area (Å²) in [6.45, 7) is 12.5. The Morgan fingerprint density at radius 2 is 1.78 bits per heavy atom. The van der Waals surface area contributed by atoms with E-state index in [9.17, 15) is 14.4 Å². The number of ether oxygens (including phenoxy) is 2. The fourth-order valence-electron chi connectivity index (χ4n) is 9.65. The third-order valence-corrected chi connectivity index (χ3v) is 12.3. The van der Waals surface area contributed by atoms with Crippen molar-refractivity contribution in [2.24, 2.45) is 17.8 Å². The maximum atomic E-state index is 15.0. The smallest absolute Gasteiger partial charge is 0.407 e. The lowest BCUT2D eigenvalue weighted by molar-refractivity contribution is 0.0223. The van der Waals surface area contributed by atoms with E-state index in [0.29, 0.717) is 11.8 Å². The number of carbonyl (C=O) groups excluding carboxylic acids is 1.